The highest BCUT2D eigenvalue weighted by Crippen LogP contribution is 2.35. The van der Waals surface area contributed by atoms with E-state index >= 15 is 0 Å². The molecule has 2 fully saturated rings. The quantitative estimate of drug-likeness (QED) is 0.746. The first-order chi connectivity index (χ1) is 13.1. The highest BCUT2D eigenvalue weighted by Gasteiger charge is 2.36. The third-order valence-electron chi connectivity index (χ3n) is 5.00. The number of amides is 2. The van der Waals surface area contributed by atoms with Crippen molar-refractivity contribution in [2.75, 3.05) is 65.1 Å². The van der Waals surface area contributed by atoms with Crippen LogP contribution in [-0.2, 0) is 14.3 Å². The number of anilines is 1. The zero-order valence-electron chi connectivity index (χ0n) is 15.9. The Morgan fingerprint density at radius 1 is 1.26 bits per heavy atom. The Morgan fingerprint density at radius 2 is 2.04 bits per heavy atom. The smallest absolute Gasteiger partial charge is 0.227 e. The van der Waals surface area contributed by atoms with E-state index in [1.54, 1.807) is 37.3 Å². The van der Waals surface area contributed by atoms with Crippen molar-refractivity contribution >= 4 is 17.5 Å². The lowest BCUT2D eigenvalue weighted by Gasteiger charge is -2.26. The van der Waals surface area contributed by atoms with Crippen LogP contribution >= 0.6 is 0 Å². The van der Waals surface area contributed by atoms with Crippen LogP contribution < -0.4 is 19.7 Å². The van der Waals surface area contributed by atoms with Gasteiger partial charge in [-0.2, -0.15) is 0 Å². The predicted molar refractivity (Wildman–Crippen MR) is 100 cm³/mol. The van der Waals surface area contributed by atoms with Crippen molar-refractivity contribution in [2.45, 2.75) is 6.42 Å². The maximum atomic E-state index is 12.5. The molecule has 0 radical (unpaired) electrons. The molecule has 27 heavy (non-hydrogen) atoms. The number of carbonyl (C=O) groups excluding carboxylic acids is 2. The average molecular weight is 377 g/mol. The van der Waals surface area contributed by atoms with Gasteiger partial charge in [-0.3, -0.25) is 14.5 Å². The minimum atomic E-state index is -0.353. The molecular formula is C19H27N3O5. The maximum absolute atomic E-state index is 12.5. The Labute approximate surface area is 159 Å². The summed E-state index contributed by atoms with van der Waals surface area (Å²) in [6, 6.07) is 5.30. The summed E-state index contributed by atoms with van der Waals surface area (Å²) >= 11 is 0. The van der Waals surface area contributed by atoms with Crippen LogP contribution in [0.5, 0.6) is 11.5 Å². The first-order valence-corrected chi connectivity index (χ1v) is 9.22. The Kier molecular flexibility index (Phi) is 6.52. The molecule has 1 atom stereocenters. The van der Waals surface area contributed by atoms with Crippen molar-refractivity contribution in [1.29, 1.82) is 0 Å². The zero-order chi connectivity index (χ0) is 19.2. The molecule has 1 aromatic rings. The van der Waals surface area contributed by atoms with Crippen molar-refractivity contribution in [3.05, 3.63) is 18.2 Å². The molecule has 0 unspecified atom stereocenters. The number of hydrogen-bond acceptors (Lipinski definition) is 6. The second kappa shape index (κ2) is 9.05. The summed E-state index contributed by atoms with van der Waals surface area (Å²) in [6.45, 7) is 4.99. The summed E-state index contributed by atoms with van der Waals surface area (Å²) in [5, 5.41) is 2.96. The fourth-order valence-electron chi connectivity index (χ4n) is 3.43. The first-order valence-electron chi connectivity index (χ1n) is 9.22. The van der Waals surface area contributed by atoms with Crippen molar-refractivity contribution in [1.82, 2.24) is 10.2 Å². The molecule has 0 saturated carbocycles. The molecule has 2 aliphatic rings. The monoisotopic (exact) mass is 377 g/mol. The maximum Gasteiger partial charge on any atom is 0.227 e. The number of ether oxygens (including phenoxy) is 3. The van der Waals surface area contributed by atoms with E-state index in [0.717, 1.165) is 32.8 Å². The van der Waals surface area contributed by atoms with E-state index in [1.165, 1.54) is 0 Å². The van der Waals surface area contributed by atoms with Gasteiger partial charge in [0.25, 0.3) is 0 Å². The molecule has 2 amide bonds. The van der Waals surface area contributed by atoms with E-state index < -0.39 is 0 Å². The summed E-state index contributed by atoms with van der Waals surface area (Å²) in [6.07, 6.45) is 0.207. The summed E-state index contributed by atoms with van der Waals surface area (Å²) < 4.78 is 15.9. The van der Waals surface area contributed by atoms with Gasteiger partial charge in [0.1, 0.15) is 11.5 Å². The summed E-state index contributed by atoms with van der Waals surface area (Å²) in [7, 11) is 3.13. The van der Waals surface area contributed by atoms with E-state index in [2.05, 4.69) is 10.2 Å². The van der Waals surface area contributed by atoms with Gasteiger partial charge in [-0.05, 0) is 12.1 Å². The first kappa shape index (κ1) is 19.4. The van der Waals surface area contributed by atoms with Gasteiger partial charge < -0.3 is 24.4 Å². The summed E-state index contributed by atoms with van der Waals surface area (Å²) in [5.41, 5.74) is 0.659. The van der Waals surface area contributed by atoms with Gasteiger partial charge in [0.2, 0.25) is 11.8 Å². The highest BCUT2D eigenvalue weighted by molar-refractivity contribution is 6.01. The fourth-order valence-corrected chi connectivity index (χ4v) is 3.43. The van der Waals surface area contributed by atoms with Crippen molar-refractivity contribution in [3.63, 3.8) is 0 Å². The molecular weight excluding hydrogens is 350 g/mol. The van der Waals surface area contributed by atoms with Crippen LogP contribution in [0.4, 0.5) is 5.69 Å². The Morgan fingerprint density at radius 3 is 2.74 bits per heavy atom. The number of methoxy groups -OCH3 is 2. The predicted octanol–water partition coefficient (Wildman–Crippen LogP) is 0.505. The summed E-state index contributed by atoms with van der Waals surface area (Å²) in [5.74, 6) is 0.697. The molecule has 0 spiro atoms. The topological polar surface area (TPSA) is 80.3 Å². The number of nitrogens with zero attached hydrogens (tertiary/aromatic N) is 2. The van der Waals surface area contributed by atoms with Crippen LogP contribution in [0.25, 0.3) is 0 Å². The minimum absolute atomic E-state index is 0.0770. The third kappa shape index (κ3) is 4.70. The highest BCUT2D eigenvalue weighted by atomic mass is 16.5. The molecule has 0 aromatic heterocycles. The third-order valence-corrected chi connectivity index (χ3v) is 5.00. The molecule has 2 saturated heterocycles. The van der Waals surface area contributed by atoms with Gasteiger partial charge in [-0.25, -0.2) is 0 Å². The fraction of sp³-hybridized carbons (Fsp3) is 0.579. The largest absolute Gasteiger partial charge is 0.497 e. The molecule has 8 heteroatoms. The molecule has 0 bridgehead atoms. The second-order valence-corrected chi connectivity index (χ2v) is 6.69. The van der Waals surface area contributed by atoms with E-state index in [-0.39, 0.29) is 24.2 Å². The van der Waals surface area contributed by atoms with Gasteiger partial charge in [-0.1, -0.05) is 0 Å². The van der Waals surface area contributed by atoms with Crippen LogP contribution in [0.3, 0.4) is 0 Å². The van der Waals surface area contributed by atoms with E-state index in [1.807, 2.05) is 0 Å². The van der Waals surface area contributed by atoms with E-state index in [9.17, 15) is 9.59 Å². The van der Waals surface area contributed by atoms with Gasteiger partial charge in [-0.15, -0.1) is 0 Å². The second-order valence-electron chi connectivity index (χ2n) is 6.69. The number of nitrogens with one attached hydrogen (secondary N) is 1. The van der Waals surface area contributed by atoms with Crippen LogP contribution in [0, 0.1) is 5.92 Å². The van der Waals surface area contributed by atoms with E-state index in [0.29, 0.717) is 30.3 Å². The van der Waals surface area contributed by atoms with Gasteiger partial charge in [0.05, 0.1) is 39.0 Å². The summed E-state index contributed by atoms with van der Waals surface area (Å²) in [4.78, 5) is 28.8. The van der Waals surface area contributed by atoms with Crippen LogP contribution in [0.1, 0.15) is 6.42 Å². The van der Waals surface area contributed by atoms with Crippen LogP contribution in [0.2, 0.25) is 0 Å². The molecule has 2 heterocycles. The molecule has 1 aromatic carbocycles. The Balaban J connectivity index is 1.55. The normalized spacial score (nSPS) is 20.6. The lowest BCUT2D eigenvalue weighted by atomic mass is 10.1. The van der Waals surface area contributed by atoms with Gasteiger partial charge in [0, 0.05) is 45.2 Å². The molecule has 2 aliphatic heterocycles. The lowest BCUT2D eigenvalue weighted by Crippen LogP contribution is -2.42. The van der Waals surface area contributed by atoms with Crippen LogP contribution in [-0.4, -0.2) is 76.9 Å². The van der Waals surface area contributed by atoms with Crippen molar-refractivity contribution < 1.29 is 23.8 Å². The SMILES string of the molecule is COc1ccc(N2C[C@@H](C(=O)NCCN3CCOCC3)CC2=O)c(OC)c1. The number of hydrogen-bond donors (Lipinski definition) is 1. The standard InChI is InChI=1S/C19H27N3O5/c1-25-15-3-4-16(17(12-15)26-2)22-13-14(11-18(22)23)19(24)20-5-6-21-7-9-27-10-8-21/h3-4,12,14H,5-11,13H2,1-2H3,(H,20,24)/t14-/m0/s1. The molecule has 0 aliphatic carbocycles. The number of carbonyl (C=O) groups is 2. The van der Waals surface area contributed by atoms with Gasteiger partial charge >= 0.3 is 0 Å². The van der Waals surface area contributed by atoms with Crippen LogP contribution in [0.15, 0.2) is 18.2 Å². The molecule has 148 valence electrons. The van der Waals surface area contributed by atoms with Gasteiger partial charge in [0.15, 0.2) is 0 Å². The molecule has 1 N–H and O–H groups in total. The van der Waals surface area contributed by atoms with Crippen molar-refractivity contribution in [3.8, 4) is 11.5 Å². The molecule has 3 rings (SSSR count). The average Bonchev–Trinajstić information content (AvgIpc) is 3.09. The van der Waals surface area contributed by atoms with Crippen molar-refractivity contribution in [2.24, 2.45) is 5.92 Å². The number of morpholine rings is 1. The Hall–Kier alpha value is -2.32. The minimum Gasteiger partial charge on any atom is -0.497 e. The lowest BCUT2D eigenvalue weighted by molar-refractivity contribution is -0.126. The Bertz CT molecular complexity index is 675. The number of rotatable bonds is 7. The zero-order valence-corrected chi connectivity index (χ0v) is 15.9. The molecule has 8 nitrogen and oxygen atoms in total. The van der Waals surface area contributed by atoms with E-state index in [4.69, 9.17) is 14.2 Å². The number of benzene rings is 1.